The van der Waals surface area contributed by atoms with Gasteiger partial charge < -0.3 is 15.0 Å². The minimum Gasteiger partial charge on any atom is -0.493 e. The number of aromatic nitrogens is 2. The van der Waals surface area contributed by atoms with Crippen molar-refractivity contribution in [1.29, 1.82) is 0 Å². The maximum atomic E-state index is 13.4. The molecule has 168 valence electrons. The average Bonchev–Trinajstić information content (AvgIpc) is 3.38. The molecule has 0 aliphatic carbocycles. The maximum Gasteiger partial charge on any atom is 0.255 e. The monoisotopic (exact) mass is 456 g/mol. The second-order valence-corrected chi connectivity index (χ2v) is 8.46. The van der Waals surface area contributed by atoms with Crippen LogP contribution in [0.5, 0.6) is 5.75 Å². The summed E-state index contributed by atoms with van der Waals surface area (Å²) in [5.74, 6) is -0.204. The smallest absolute Gasteiger partial charge is 0.255 e. The van der Waals surface area contributed by atoms with Gasteiger partial charge in [-0.05, 0) is 75.3 Å². The van der Waals surface area contributed by atoms with Crippen LogP contribution in [0, 0.1) is 5.82 Å². The van der Waals surface area contributed by atoms with Crippen molar-refractivity contribution in [3.63, 3.8) is 0 Å². The molecule has 0 radical (unpaired) electrons. The van der Waals surface area contributed by atoms with E-state index in [1.165, 1.54) is 31.0 Å². The molecule has 0 saturated carbocycles. The Morgan fingerprint density at radius 2 is 2.09 bits per heavy atom. The summed E-state index contributed by atoms with van der Waals surface area (Å²) in [4.78, 5) is 15.0. The van der Waals surface area contributed by atoms with E-state index in [9.17, 15) is 9.18 Å². The second-order valence-electron chi connectivity index (χ2n) is 8.05. The number of carbonyl (C=O) groups excluding carboxylic acids is 1. The zero-order chi connectivity index (χ0) is 22.7. The van der Waals surface area contributed by atoms with Gasteiger partial charge in [0.05, 0.1) is 17.3 Å². The third-order valence-electron chi connectivity index (χ3n) is 5.90. The molecule has 0 bridgehead atoms. The van der Waals surface area contributed by atoms with Crippen LogP contribution in [0.1, 0.15) is 29.6 Å². The Balaban J connectivity index is 1.53. The number of amides is 1. The topological polar surface area (TPSA) is 59.4 Å². The van der Waals surface area contributed by atoms with Crippen LogP contribution in [0.15, 0.2) is 48.7 Å². The molecule has 2 heterocycles. The molecule has 1 aromatic heterocycles. The number of likely N-dealkylation sites (tertiary alicyclic amines) is 1. The summed E-state index contributed by atoms with van der Waals surface area (Å²) >= 11 is 5.81. The molecule has 1 aliphatic heterocycles. The van der Waals surface area contributed by atoms with E-state index in [4.69, 9.17) is 16.3 Å². The van der Waals surface area contributed by atoms with Gasteiger partial charge in [-0.2, -0.15) is 5.10 Å². The lowest BCUT2D eigenvalue weighted by Gasteiger charge is -2.20. The highest BCUT2D eigenvalue weighted by Gasteiger charge is 2.21. The lowest BCUT2D eigenvalue weighted by atomic mass is 10.1. The Hall–Kier alpha value is -2.90. The minimum atomic E-state index is -0.563. The Morgan fingerprint density at radius 3 is 2.78 bits per heavy atom. The van der Waals surface area contributed by atoms with E-state index in [1.807, 2.05) is 25.2 Å². The molecular weight excluding hydrogens is 431 g/mol. The molecule has 1 fully saturated rings. The summed E-state index contributed by atoms with van der Waals surface area (Å²) in [7, 11) is 4.02. The Labute approximate surface area is 191 Å². The lowest BCUT2D eigenvalue weighted by molar-refractivity contribution is 0.102. The molecule has 6 nitrogen and oxygen atoms in total. The molecule has 8 heteroatoms. The molecular formula is C24H26ClFN4O2. The van der Waals surface area contributed by atoms with E-state index < -0.39 is 5.82 Å². The third-order valence-corrected chi connectivity index (χ3v) is 6.19. The fourth-order valence-corrected chi connectivity index (χ4v) is 4.24. The number of aryl methyl sites for hydroxylation is 1. The minimum absolute atomic E-state index is 0.0927. The normalized spacial score (nSPS) is 16.3. The van der Waals surface area contributed by atoms with E-state index in [0.29, 0.717) is 18.3 Å². The SMILES string of the molecule is CN1CCCC1CCOc1ccc(NC(=O)c2ccc(F)c(Cl)c2)cc1-c1ccnn1C. The molecule has 3 aromatic rings. The molecule has 32 heavy (non-hydrogen) atoms. The van der Waals surface area contributed by atoms with Gasteiger partial charge in [0.15, 0.2) is 0 Å². The quantitative estimate of drug-likeness (QED) is 0.543. The number of carbonyl (C=O) groups is 1. The number of ether oxygens (including phenoxy) is 1. The van der Waals surface area contributed by atoms with Crippen molar-refractivity contribution in [3.05, 3.63) is 65.1 Å². The summed E-state index contributed by atoms with van der Waals surface area (Å²) in [6, 6.07) is 11.8. The number of rotatable bonds is 7. The first-order chi connectivity index (χ1) is 15.4. The summed E-state index contributed by atoms with van der Waals surface area (Å²) in [6.45, 7) is 1.75. The van der Waals surface area contributed by atoms with Gasteiger partial charge in [0, 0.05) is 36.1 Å². The number of hydrogen-bond acceptors (Lipinski definition) is 4. The highest BCUT2D eigenvalue weighted by Crippen LogP contribution is 2.33. The predicted octanol–water partition coefficient (Wildman–Crippen LogP) is 5.00. The van der Waals surface area contributed by atoms with Crippen LogP contribution in [-0.4, -0.2) is 46.8 Å². The summed E-state index contributed by atoms with van der Waals surface area (Å²) in [5, 5.41) is 7.02. The van der Waals surface area contributed by atoms with Crippen molar-refractivity contribution >= 4 is 23.2 Å². The number of nitrogens with one attached hydrogen (secondary N) is 1. The number of halogens is 2. The van der Waals surface area contributed by atoms with E-state index in [-0.39, 0.29) is 16.5 Å². The Bertz CT molecular complexity index is 1120. The first kappa shape index (κ1) is 22.3. The van der Waals surface area contributed by atoms with Gasteiger partial charge in [-0.1, -0.05) is 11.6 Å². The van der Waals surface area contributed by atoms with Crippen molar-refractivity contribution in [2.75, 3.05) is 25.5 Å². The highest BCUT2D eigenvalue weighted by atomic mass is 35.5. The van der Waals surface area contributed by atoms with Crippen molar-refractivity contribution in [1.82, 2.24) is 14.7 Å². The molecule has 1 atom stereocenters. The molecule has 1 amide bonds. The van der Waals surface area contributed by atoms with Gasteiger partial charge in [0.2, 0.25) is 0 Å². The molecule has 1 saturated heterocycles. The van der Waals surface area contributed by atoms with Gasteiger partial charge >= 0.3 is 0 Å². The predicted molar refractivity (Wildman–Crippen MR) is 124 cm³/mol. The van der Waals surface area contributed by atoms with E-state index in [1.54, 1.807) is 16.9 Å². The van der Waals surface area contributed by atoms with Crippen LogP contribution < -0.4 is 10.1 Å². The van der Waals surface area contributed by atoms with Crippen LogP contribution >= 0.6 is 11.6 Å². The summed E-state index contributed by atoms with van der Waals surface area (Å²) < 4.78 is 21.3. The van der Waals surface area contributed by atoms with E-state index in [2.05, 4.69) is 22.4 Å². The van der Waals surface area contributed by atoms with Crippen molar-refractivity contribution in [2.45, 2.75) is 25.3 Å². The largest absolute Gasteiger partial charge is 0.493 e. The molecule has 0 spiro atoms. The molecule has 4 rings (SSSR count). The fourth-order valence-electron chi connectivity index (χ4n) is 4.06. The molecule has 1 N–H and O–H groups in total. The summed E-state index contributed by atoms with van der Waals surface area (Å²) in [6.07, 6.45) is 5.12. The van der Waals surface area contributed by atoms with Gasteiger partial charge in [-0.25, -0.2) is 4.39 Å². The van der Waals surface area contributed by atoms with Gasteiger partial charge in [0.1, 0.15) is 11.6 Å². The van der Waals surface area contributed by atoms with Crippen LogP contribution in [-0.2, 0) is 7.05 Å². The lowest BCUT2D eigenvalue weighted by Crippen LogP contribution is -2.26. The standard InChI is InChI=1S/C24H26ClFN4O2/c1-29-12-3-4-18(29)10-13-32-23-8-6-17(15-19(23)22-9-11-27-30(22)2)28-24(31)16-5-7-21(26)20(25)14-16/h5-9,11,14-15,18H,3-4,10,12-13H2,1-2H3,(H,28,31). The first-order valence-corrected chi connectivity index (χ1v) is 11.0. The summed E-state index contributed by atoms with van der Waals surface area (Å²) in [5.41, 5.74) is 2.58. The highest BCUT2D eigenvalue weighted by molar-refractivity contribution is 6.31. The number of benzene rings is 2. The first-order valence-electron chi connectivity index (χ1n) is 10.6. The average molecular weight is 457 g/mol. The van der Waals surface area contributed by atoms with Crippen LogP contribution in [0.2, 0.25) is 5.02 Å². The van der Waals surface area contributed by atoms with Crippen LogP contribution in [0.25, 0.3) is 11.3 Å². The maximum absolute atomic E-state index is 13.4. The fraction of sp³-hybridized carbons (Fsp3) is 0.333. The Morgan fingerprint density at radius 1 is 1.25 bits per heavy atom. The second kappa shape index (κ2) is 9.71. The van der Waals surface area contributed by atoms with Crippen molar-refractivity contribution < 1.29 is 13.9 Å². The van der Waals surface area contributed by atoms with Gasteiger partial charge in [-0.3, -0.25) is 9.48 Å². The van der Waals surface area contributed by atoms with Crippen molar-refractivity contribution in [2.24, 2.45) is 7.05 Å². The number of anilines is 1. The zero-order valence-electron chi connectivity index (χ0n) is 18.1. The van der Waals surface area contributed by atoms with E-state index in [0.717, 1.165) is 30.0 Å². The molecule has 2 aromatic carbocycles. The number of hydrogen-bond donors (Lipinski definition) is 1. The molecule has 1 unspecified atom stereocenters. The third kappa shape index (κ3) is 4.95. The molecule has 1 aliphatic rings. The van der Waals surface area contributed by atoms with Gasteiger partial charge in [0.25, 0.3) is 5.91 Å². The van der Waals surface area contributed by atoms with E-state index >= 15 is 0 Å². The number of nitrogens with zero attached hydrogens (tertiary/aromatic N) is 3. The van der Waals surface area contributed by atoms with Crippen LogP contribution in [0.3, 0.4) is 0 Å². The Kier molecular flexibility index (Phi) is 6.77. The zero-order valence-corrected chi connectivity index (χ0v) is 18.9. The van der Waals surface area contributed by atoms with Gasteiger partial charge in [-0.15, -0.1) is 0 Å². The van der Waals surface area contributed by atoms with Crippen LogP contribution in [0.4, 0.5) is 10.1 Å². The van der Waals surface area contributed by atoms with Crippen molar-refractivity contribution in [3.8, 4) is 17.0 Å².